The van der Waals surface area contributed by atoms with Crippen LogP contribution in [0, 0.1) is 11.8 Å². The Kier molecular flexibility index (Phi) is 10.5. The molecule has 0 aliphatic rings. The fourth-order valence-electron chi connectivity index (χ4n) is 2.12. The van der Waals surface area contributed by atoms with E-state index in [0.29, 0.717) is 6.42 Å². The summed E-state index contributed by atoms with van der Waals surface area (Å²) < 4.78 is 0. The second-order valence-electron chi connectivity index (χ2n) is 6.83. The van der Waals surface area contributed by atoms with Crippen molar-refractivity contribution >= 4 is 23.7 Å². The molecule has 0 rings (SSSR count). The number of hydrogen-bond acceptors (Lipinski definition) is 6. The summed E-state index contributed by atoms with van der Waals surface area (Å²) >= 11 is 0. The second-order valence-corrected chi connectivity index (χ2v) is 6.83. The maximum Gasteiger partial charge on any atom is 0.326 e. The lowest BCUT2D eigenvalue weighted by atomic mass is 10.0. The monoisotopic (exact) mass is 374 g/mol. The lowest BCUT2D eigenvalue weighted by Gasteiger charge is -2.20. The molecule has 150 valence electrons. The SMILES string of the molecule is CC(C)CC(N)C(=O)NC(CO)C(=O)NCC(=O)NC(C(=O)O)C(C)C. The van der Waals surface area contributed by atoms with Crippen LogP contribution in [0.3, 0.4) is 0 Å². The lowest BCUT2D eigenvalue weighted by Crippen LogP contribution is -2.55. The average molecular weight is 374 g/mol. The van der Waals surface area contributed by atoms with E-state index < -0.39 is 55.0 Å². The summed E-state index contributed by atoms with van der Waals surface area (Å²) in [6.07, 6.45) is 0.416. The number of aliphatic carboxylic acids is 1. The molecular formula is C16H30N4O6. The molecule has 7 N–H and O–H groups in total. The minimum atomic E-state index is -1.26. The summed E-state index contributed by atoms with van der Waals surface area (Å²) in [5.41, 5.74) is 5.71. The number of aliphatic hydroxyl groups is 1. The molecule has 0 aromatic heterocycles. The molecular weight excluding hydrogens is 344 g/mol. The normalized spacial score (nSPS) is 14.5. The van der Waals surface area contributed by atoms with E-state index in [4.69, 9.17) is 10.8 Å². The highest BCUT2D eigenvalue weighted by Crippen LogP contribution is 2.03. The third kappa shape index (κ3) is 8.77. The minimum Gasteiger partial charge on any atom is -0.480 e. The molecule has 0 heterocycles. The third-order valence-electron chi connectivity index (χ3n) is 3.55. The highest BCUT2D eigenvalue weighted by atomic mass is 16.4. The van der Waals surface area contributed by atoms with Gasteiger partial charge in [0.05, 0.1) is 19.2 Å². The van der Waals surface area contributed by atoms with E-state index in [1.807, 2.05) is 13.8 Å². The summed E-state index contributed by atoms with van der Waals surface area (Å²) in [4.78, 5) is 46.7. The maximum absolute atomic E-state index is 12.0. The Morgan fingerprint density at radius 1 is 1.00 bits per heavy atom. The number of carboxylic acids is 1. The van der Waals surface area contributed by atoms with Crippen molar-refractivity contribution in [3.05, 3.63) is 0 Å². The molecule has 3 unspecified atom stereocenters. The first kappa shape index (κ1) is 23.8. The number of carbonyl (C=O) groups excluding carboxylic acids is 3. The van der Waals surface area contributed by atoms with Gasteiger partial charge in [-0.1, -0.05) is 27.7 Å². The molecule has 10 nitrogen and oxygen atoms in total. The van der Waals surface area contributed by atoms with Gasteiger partial charge < -0.3 is 31.9 Å². The van der Waals surface area contributed by atoms with Gasteiger partial charge in [-0.05, 0) is 18.3 Å². The summed E-state index contributed by atoms with van der Waals surface area (Å²) in [6.45, 7) is 5.90. The second kappa shape index (κ2) is 11.4. The Balaban J connectivity index is 4.56. The first-order valence-corrected chi connectivity index (χ1v) is 8.46. The maximum atomic E-state index is 12.0. The highest BCUT2D eigenvalue weighted by molar-refractivity contribution is 5.92. The Hall–Kier alpha value is -2.20. The first-order chi connectivity index (χ1) is 12.0. The van der Waals surface area contributed by atoms with E-state index in [9.17, 15) is 24.3 Å². The van der Waals surface area contributed by atoms with E-state index in [1.165, 1.54) is 0 Å². The zero-order chi connectivity index (χ0) is 20.4. The van der Waals surface area contributed by atoms with Crippen LogP contribution >= 0.6 is 0 Å². The number of nitrogens with one attached hydrogen (secondary N) is 3. The predicted molar refractivity (Wildman–Crippen MR) is 93.9 cm³/mol. The summed E-state index contributed by atoms with van der Waals surface area (Å²) in [7, 11) is 0. The first-order valence-electron chi connectivity index (χ1n) is 8.46. The molecule has 0 saturated carbocycles. The topological polar surface area (TPSA) is 171 Å². The molecule has 0 fully saturated rings. The molecule has 0 aliphatic carbocycles. The smallest absolute Gasteiger partial charge is 0.326 e. The number of carbonyl (C=O) groups is 4. The summed E-state index contributed by atoms with van der Waals surface area (Å²) in [5.74, 6) is -3.38. The molecule has 3 atom stereocenters. The molecule has 0 aromatic carbocycles. The Morgan fingerprint density at radius 2 is 1.58 bits per heavy atom. The van der Waals surface area contributed by atoms with Gasteiger partial charge in [0.1, 0.15) is 12.1 Å². The van der Waals surface area contributed by atoms with Crippen molar-refractivity contribution < 1.29 is 29.4 Å². The molecule has 10 heteroatoms. The van der Waals surface area contributed by atoms with Gasteiger partial charge in [0.15, 0.2) is 0 Å². The minimum absolute atomic E-state index is 0.184. The van der Waals surface area contributed by atoms with Crippen molar-refractivity contribution in [1.29, 1.82) is 0 Å². The Morgan fingerprint density at radius 3 is 2.00 bits per heavy atom. The van der Waals surface area contributed by atoms with Crippen LogP contribution in [-0.4, -0.2) is 65.2 Å². The van der Waals surface area contributed by atoms with Crippen molar-refractivity contribution in [3.8, 4) is 0 Å². The van der Waals surface area contributed by atoms with Gasteiger partial charge in [-0.15, -0.1) is 0 Å². The molecule has 3 amide bonds. The quantitative estimate of drug-likeness (QED) is 0.247. The molecule has 0 saturated heterocycles. The molecule has 0 bridgehead atoms. The van der Waals surface area contributed by atoms with Crippen LogP contribution in [0.15, 0.2) is 0 Å². The average Bonchev–Trinajstić information content (AvgIpc) is 2.53. The van der Waals surface area contributed by atoms with Gasteiger partial charge >= 0.3 is 5.97 Å². The van der Waals surface area contributed by atoms with Crippen molar-refractivity contribution in [2.45, 2.75) is 52.2 Å². The standard InChI is InChI=1S/C16H30N4O6/c1-8(2)5-10(17)14(23)19-11(7-21)15(24)18-6-12(22)20-13(9(3)4)16(25)26/h8-11,13,21H,5-7,17H2,1-4H3,(H,18,24)(H,19,23)(H,20,22)(H,25,26). The van der Waals surface area contributed by atoms with E-state index in [2.05, 4.69) is 16.0 Å². The van der Waals surface area contributed by atoms with Crippen molar-refractivity contribution in [2.24, 2.45) is 17.6 Å². The van der Waals surface area contributed by atoms with Crippen LogP contribution in [0.2, 0.25) is 0 Å². The van der Waals surface area contributed by atoms with Gasteiger partial charge in [0.25, 0.3) is 0 Å². The summed E-state index contributed by atoms with van der Waals surface area (Å²) in [5, 5.41) is 25.1. The Labute approximate surface area is 152 Å². The van der Waals surface area contributed by atoms with Gasteiger partial charge in [0.2, 0.25) is 17.7 Å². The summed E-state index contributed by atoms with van der Waals surface area (Å²) in [6, 6.07) is -3.15. The van der Waals surface area contributed by atoms with Crippen LogP contribution in [0.25, 0.3) is 0 Å². The number of hydrogen-bond donors (Lipinski definition) is 6. The molecule has 0 aliphatic heterocycles. The molecule has 0 spiro atoms. The van der Waals surface area contributed by atoms with E-state index >= 15 is 0 Å². The van der Waals surface area contributed by atoms with E-state index in [-0.39, 0.29) is 11.8 Å². The number of nitrogens with two attached hydrogens (primary N) is 1. The van der Waals surface area contributed by atoms with Gasteiger partial charge in [0, 0.05) is 0 Å². The largest absolute Gasteiger partial charge is 0.480 e. The van der Waals surface area contributed by atoms with Gasteiger partial charge in [-0.2, -0.15) is 0 Å². The fourth-order valence-corrected chi connectivity index (χ4v) is 2.12. The fraction of sp³-hybridized carbons (Fsp3) is 0.750. The number of amides is 3. The lowest BCUT2D eigenvalue weighted by molar-refractivity contribution is -0.143. The van der Waals surface area contributed by atoms with Crippen LogP contribution < -0.4 is 21.7 Å². The number of rotatable bonds is 11. The number of aliphatic hydroxyl groups excluding tert-OH is 1. The molecule has 0 aromatic rings. The van der Waals surface area contributed by atoms with E-state index in [1.54, 1.807) is 13.8 Å². The van der Waals surface area contributed by atoms with E-state index in [0.717, 1.165) is 0 Å². The van der Waals surface area contributed by atoms with Crippen molar-refractivity contribution in [1.82, 2.24) is 16.0 Å². The molecule has 0 radical (unpaired) electrons. The van der Waals surface area contributed by atoms with Crippen molar-refractivity contribution in [2.75, 3.05) is 13.2 Å². The van der Waals surface area contributed by atoms with Crippen LogP contribution in [0.5, 0.6) is 0 Å². The van der Waals surface area contributed by atoms with Gasteiger partial charge in [-0.25, -0.2) is 4.79 Å². The number of carboxylic acid groups (broad SMARTS) is 1. The highest BCUT2D eigenvalue weighted by Gasteiger charge is 2.26. The molecule has 26 heavy (non-hydrogen) atoms. The zero-order valence-electron chi connectivity index (χ0n) is 15.6. The predicted octanol–water partition coefficient (Wildman–Crippen LogP) is -1.82. The Bertz CT molecular complexity index is 509. The van der Waals surface area contributed by atoms with Crippen LogP contribution in [0.1, 0.15) is 34.1 Å². The van der Waals surface area contributed by atoms with Crippen LogP contribution in [-0.2, 0) is 19.2 Å². The van der Waals surface area contributed by atoms with Crippen molar-refractivity contribution in [3.63, 3.8) is 0 Å². The zero-order valence-corrected chi connectivity index (χ0v) is 15.6. The third-order valence-corrected chi connectivity index (χ3v) is 3.55. The van der Waals surface area contributed by atoms with Gasteiger partial charge in [-0.3, -0.25) is 14.4 Å². The van der Waals surface area contributed by atoms with Crippen LogP contribution in [0.4, 0.5) is 0 Å².